The molecular weight excluding hydrogens is 120 g/mol. The first-order chi connectivity index (χ1) is 4.00. The Morgan fingerprint density at radius 2 is 2.38 bits per heavy atom. The average Bonchev–Trinajstić information content (AvgIpc) is 1.62. The van der Waals surface area contributed by atoms with Crippen molar-refractivity contribution in [3.8, 4) is 0 Å². The SMILES string of the molecule is C1=C\OSCCCC/1. The van der Waals surface area contributed by atoms with Crippen LogP contribution in [0.1, 0.15) is 19.3 Å². The van der Waals surface area contributed by atoms with Crippen LogP contribution in [-0.2, 0) is 4.18 Å². The Balaban J connectivity index is 2.17. The molecule has 0 atom stereocenters. The predicted molar refractivity (Wildman–Crippen MR) is 36.5 cm³/mol. The first-order valence-corrected chi connectivity index (χ1v) is 3.84. The minimum absolute atomic E-state index is 1.14. The maximum atomic E-state index is 5.01. The largest absolute Gasteiger partial charge is 0.434 e. The average molecular weight is 130 g/mol. The molecule has 0 aromatic carbocycles. The topological polar surface area (TPSA) is 9.23 Å². The normalized spacial score (nSPS) is 25.0. The zero-order valence-corrected chi connectivity index (χ0v) is 5.62. The Bertz CT molecular complexity index is 70.6. The molecule has 0 fully saturated rings. The van der Waals surface area contributed by atoms with Crippen molar-refractivity contribution in [1.82, 2.24) is 0 Å². The first-order valence-electron chi connectivity index (χ1n) is 2.93. The zero-order chi connectivity index (χ0) is 5.66. The first kappa shape index (κ1) is 6.02. The second-order valence-corrected chi connectivity index (χ2v) is 2.62. The smallest absolute Gasteiger partial charge is 0.0970 e. The van der Waals surface area contributed by atoms with Crippen molar-refractivity contribution in [1.29, 1.82) is 0 Å². The fourth-order valence-electron chi connectivity index (χ4n) is 0.618. The van der Waals surface area contributed by atoms with E-state index in [9.17, 15) is 0 Å². The van der Waals surface area contributed by atoms with E-state index in [1.165, 1.54) is 19.3 Å². The summed E-state index contributed by atoms with van der Waals surface area (Å²) in [5.74, 6) is 1.14. The second-order valence-electron chi connectivity index (χ2n) is 1.79. The van der Waals surface area contributed by atoms with Crippen LogP contribution in [0.4, 0.5) is 0 Å². The molecule has 0 saturated heterocycles. The molecule has 0 aromatic rings. The minimum atomic E-state index is 1.14. The van der Waals surface area contributed by atoms with Gasteiger partial charge < -0.3 is 4.18 Å². The van der Waals surface area contributed by atoms with Gasteiger partial charge in [-0.2, -0.15) is 0 Å². The summed E-state index contributed by atoms with van der Waals surface area (Å²) in [4.78, 5) is 0. The molecule has 2 heteroatoms. The maximum Gasteiger partial charge on any atom is 0.0970 e. The lowest BCUT2D eigenvalue weighted by atomic mass is 10.2. The van der Waals surface area contributed by atoms with Crippen LogP contribution >= 0.6 is 12.0 Å². The Labute approximate surface area is 54.3 Å². The molecule has 0 saturated carbocycles. The van der Waals surface area contributed by atoms with Gasteiger partial charge in [0.15, 0.2) is 0 Å². The van der Waals surface area contributed by atoms with Crippen LogP contribution in [0, 0.1) is 0 Å². The van der Waals surface area contributed by atoms with Crippen LogP contribution in [0.3, 0.4) is 0 Å². The molecule has 8 heavy (non-hydrogen) atoms. The van der Waals surface area contributed by atoms with E-state index in [-0.39, 0.29) is 0 Å². The molecule has 0 aliphatic carbocycles. The van der Waals surface area contributed by atoms with E-state index in [1.807, 2.05) is 0 Å². The maximum absolute atomic E-state index is 5.01. The van der Waals surface area contributed by atoms with Gasteiger partial charge in [0.2, 0.25) is 0 Å². The molecule has 0 unspecified atom stereocenters. The van der Waals surface area contributed by atoms with Crippen molar-refractivity contribution in [2.75, 3.05) is 5.75 Å². The summed E-state index contributed by atoms with van der Waals surface area (Å²) >= 11 is 1.54. The van der Waals surface area contributed by atoms with Gasteiger partial charge in [-0.05, 0) is 25.3 Å². The van der Waals surface area contributed by atoms with Crippen molar-refractivity contribution in [2.24, 2.45) is 0 Å². The number of rotatable bonds is 0. The number of hydrogen-bond donors (Lipinski definition) is 0. The molecule has 0 radical (unpaired) electrons. The van der Waals surface area contributed by atoms with Gasteiger partial charge in [-0.15, -0.1) is 0 Å². The van der Waals surface area contributed by atoms with E-state index in [4.69, 9.17) is 4.18 Å². The molecule has 1 aliphatic rings. The summed E-state index contributed by atoms with van der Waals surface area (Å²) in [5, 5.41) is 0. The molecule has 0 bridgehead atoms. The minimum Gasteiger partial charge on any atom is -0.434 e. The lowest BCUT2D eigenvalue weighted by Crippen LogP contribution is -1.82. The van der Waals surface area contributed by atoms with Crippen LogP contribution < -0.4 is 0 Å². The highest BCUT2D eigenvalue weighted by Gasteiger charge is 1.91. The van der Waals surface area contributed by atoms with Crippen LogP contribution in [0.25, 0.3) is 0 Å². The van der Waals surface area contributed by atoms with Gasteiger partial charge in [0, 0.05) is 5.75 Å². The van der Waals surface area contributed by atoms with E-state index < -0.39 is 0 Å². The van der Waals surface area contributed by atoms with Crippen molar-refractivity contribution < 1.29 is 4.18 Å². The monoisotopic (exact) mass is 130 g/mol. The highest BCUT2D eigenvalue weighted by molar-refractivity contribution is 7.94. The Kier molecular flexibility index (Phi) is 2.89. The third-order valence-electron chi connectivity index (χ3n) is 1.07. The summed E-state index contributed by atoms with van der Waals surface area (Å²) in [6.45, 7) is 0. The summed E-state index contributed by atoms with van der Waals surface area (Å²) < 4.78 is 5.01. The molecule has 1 heterocycles. The van der Waals surface area contributed by atoms with Gasteiger partial charge in [0.25, 0.3) is 0 Å². The third kappa shape index (κ3) is 2.26. The van der Waals surface area contributed by atoms with Gasteiger partial charge >= 0.3 is 0 Å². The van der Waals surface area contributed by atoms with Gasteiger partial charge in [0.05, 0.1) is 18.3 Å². The fourth-order valence-corrected chi connectivity index (χ4v) is 1.19. The molecule has 0 N–H and O–H groups in total. The lowest BCUT2D eigenvalue weighted by Gasteiger charge is -2.01. The van der Waals surface area contributed by atoms with E-state index in [2.05, 4.69) is 6.08 Å². The summed E-state index contributed by atoms with van der Waals surface area (Å²) in [5.41, 5.74) is 0. The molecule has 1 aliphatic heterocycles. The van der Waals surface area contributed by atoms with Gasteiger partial charge in [-0.3, -0.25) is 0 Å². The quantitative estimate of drug-likeness (QED) is 0.465. The van der Waals surface area contributed by atoms with Gasteiger partial charge in [0.1, 0.15) is 0 Å². The predicted octanol–water partition coefficient (Wildman–Crippen LogP) is 2.35. The van der Waals surface area contributed by atoms with E-state index >= 15 is 0 Å². The van der Waals surface area contributed by atoms with Crippen LogP contribution in [0.2, 0.25) is 0 Å². The van der Waals surface area contributed by atoms with Crippen molar-refractivity contribution in [3.05, 3.63) is 12.3 Å². The number of hydrogen-bond acceptors (Lipinski definition) is 2. The van der Waals surface area contributed by atoms with Gasteiger partial charge in [-0.1, -0.05) is 0 Å². The molecule has 46 valence electrons. The second kappa shape index (κ2) is 3.84. The highest BCUT2D eigenvalue weighted by Crippen LogP contribution is 2.11. The summed E-state index contributed by atoms with van der Waals surface area (Å²) in [6.07, 6.45) is 7.64. The molecule has 1 rings (SSSR count). The van der Waals surface area contributed by atoms with Crippen molar-refractivity contribution in [3.63, 3.8) is 0 Å². The standard InChI is InChI=1S/C6H10OS/c1-2-4-6-8-7-5-3-1/h3,5H,1-2,4,6H2/b5-3-. The molecule has 0 aromatic heterocycles. The Morgan fingerprint density at radius 3 is 3.38 bits per heavy atom. The Hall–Kier alpha value is -0.110. The van der Waals surface area contributed by atoms with Crippen LogP contribution in [0.15, 0.2) is 12.3 Å². The molecule has 0 amide bonds. The van der Waals surface area contributed by atoms with E-state index in [0.29, 0.717) is 0 Å². The van der Waals surface area contributed by atoms with Crippen molar-refractivity contribution >= 4 is 12.0 Å². The van der Waals surface area contributed by atoms with Crippen LogP contribution in [-0.4, -0.2) is 5.75 Å². The molecule has 1 nitrogen and oxygen atoms in total. The lowest BCUT2D eigenvalue weighted by molar-refractivity contribution is 0.552. The Morgan fingerprint density at radius 1 is 1.38 bits per heavy atom. The van der Waals surface area contributed by atoms with Crippen LogP contribution in [0.5, 0.6) is 0 Å². The number of allylic oxidation sites excluding steroid dienone is 1. The third-order valence-corrected chi connectivity index (χ3v) is 1.77. The van der Waals surface area contributed by atoms with Crippen molar-refractivity contribution in [2.45, 2.75) is 19.3 Å². The zero-order valence-electron chi connectivity index (χ0n) is 4.80. The van der Waals surface area contributed by atoms with E-state index in [1.54, 1.807) is 18.3 Å². The molecule has 0 spiro atoms. The van der Waals surface area contributed by atoms with E-state index in [0.717, 1.165) is 5.75 Å². The summed E-state index contributed by atoms with van der Waals surface area (Å²) in [7, 11) is 0. The fraction of sp³-hybridized carbons (Fsp3) is 0.667. The van der Waals surface area contributed by atoms with Gasteiger partial charge in [-0.25, -0.2) is 0 Å². The summed E-state index contributed by atoms with van der Waals surface area (Å²) in [6, 6.07) is 0. The molecular formula is C6H10OS. The highest BCUT2D eigenvalue weighted by atomic mass is 32.2.